The van der Waals surface area contributed by atoms with E-state index in [1.807, 2.05) is 24.3 Å². The van der Waals surface area contributed by atoms with Gasteiger partial charge in [0.15, 0.2) is 0 Å². The lowest BCUT2D eigenvalue weighted by Crippen LogP contribution is -2.36. The number of nitrogens with zero attached hydrogens (tertiary/aromatic N) is 1. The van der Waals surface area contributed by atoms with E-state index >= 15 is 0 Å². The van der Waals surface area contributed by atoms with Crippen molar-refractivity contribution in [3.63, 3.8) is 0 Å². The number of amides is 2. The van der Waals surface area contributed by atoms with Crippen LogP contribution in [0.25, 0.3) is 0 Å². The van der Waals surface area contributed by atoms with E-state index in [9.17, 15) is 9.59 Å². The highest BCUT2D eigenvalue weighted by molar-refractivity contribution is 5.86. The normalized spacial score (nSPS) is 22.1. The second-order valence-electron chi connectivity index (χ2n) is 5.02. The molecule has 0 saturated heterocycles. The van der Waals surface area contributed by atoms with Crippen molar-refractivity contribution >= 4 is 11.8 Å². The van der Waals surface area contributed by atoms with Crippen LogP contribution in [-0.2, 0) is 16.0 Å². The molecule has 1 aromatic rings. The topological polar surface area (TPSA) is 63.4 Å². The SMILES string of the molecule is CN(C)C(=O)[C@H]1C[C@H](C(N)=O)Cc2ccccc21. The van der Waals surface area contributed by atoms with Crippen molar-refractivity contribution in [2.24, 2.45) is 11.7 Å². The summed E-state index contributed by atoms with van der Waals surface area (Å²) in [6.45, 7) is 0. The van der Waals surface area contributed by atoms with E-state index in [4.69, 9.17) is 5.73 Å². The van der Waals surface area contributed by atoms with Crippen LogP contribution in [0.2, 0.25) is 0 Å². The highest BCUT2D eigenvalue weighted by atomic mass is 16.2. The molecule has 1 aliphatic rings. The molecule has 0 heterocycles. The number of hydrogen-bond acceptors (Lipinski definition) is 2. The molecule has 0 aromatic heterocycles. The Hall–Kier alpha value is -1.84. The monoisotopic (exact) mass is 246 g/mol. The summed E-state index contributed by atoms with van der Waals surface area (Å²) in [6.07, 6.45) is 1.16. The van der Waals surface area contributed by atoms with Gasteiger partial charge >= 0.3 is 0 Å². The van der Waals surface area contributed by atoms with Gasteiger partial charge in [0.2, 0.25) is 11.8 Å². The number of carbonyl (C=O) groups excluding carboxylic acids is 2. The lowest BCUT2D eigenvalue weighted by atomic mass is 9.76. The summed E-state index contributed by atoms with van der Waals surface area (Å²) in [7, 11) is 3.47. The van der Waals surface area contributed by atoms with E-state index in [2.05, 4.69) is 0 Å². The van der Waals surface area contributed by atoms with Gasteiger partial charge in [0.1, 0.15) is 0 Å². The largest absolute Gasteiger partial charge is 0.369 e. The van der Waals surface area contributed by atoms with Crippen LogP contribution in [0.1, 0.15) is 23.5 Å². The Labute approximate surface area is 107 Å². The van der Waals surface area contributed by atoms with Gasteiger partial charge in [0.05, 0.1) is 5.92 Å². The summed E-state index contributed by atoms with van der Waals surface area (Å²) in [4.78, 5) is 25.2. The van der Waals surface area contributed by atoms with Crippen molar-refractivity contribution in [1.82, 2.24) is 4.90 Å². The zero-order chi connectivity index (χ0) is 13.3. The molecule has 0 saturated carbocycles. The number of rotatable bonds is 2. The number of primary amides is 1. The van der Waals surface area contributed by atoms with Crippen molar-refractivity contribution < 1.29 is 9.59 Å². The van der Waals surface area contributed by atoms with Crippen molar-refractivity contribution in [2.45, 2.75) is 18.8 Å². The summed E-state index contributed by atoms with van der Waals surface area (Å²) >= 11 is 0. The number of benzene rings is 1. The summed E-state index contributed by atoms with van der Waals surface area (Å²) in [5.74, 6) is -0.772. The molecule has 1 aromatic carbocycles. The average Bonchev–Trinajstić information content (AvgIpc) is 2.36. The Kier molecular flexibility index (Phi) is 3.36. The van der Waals surface area contributed by atoms with Gasteiger partial charge in [-0.3, -0.25) is 9.59 Å². The highest BCUT2D eigenvalue weighted by Crippen LogP contribution is 2.35. The maximum atomic E-state index is 12.2. The van der Waals surface area contributed by atoms with Crippen molar-refractivity contribution in [1.29, 1.82) is 0 Å². The number of hydrogen-bond donors (Lipinski definition) is 1. The maximum Gasteiger partial charge on any atom is 0.229 e. The fourth-order valence-electron chi connectivity index (χ4n) is 2.58. The molecule has 2 amide bonds. The summed E-state index contributed by atoms with van der Waals surface area (Å²) < 4.78 is 0. The van der Waals surface area contributed by atoms with Crippen LogP contribution in [0.15, 0.2) is 24.3 Å². The predicted octanol–water partition coefficient (Wildman–Crippen LogP) is 0.906. The van der Waals surface area contributed by atoms with Crippen molar-refractivity contribution in [3.8, 4) is 0 Å². The Bertz CT molecular complexity index is 482. The molecule has 2 rings (SSSR count). The standard InChI is InChI=1S/C14H18N2O2/c1-16(2)14(18)12-8-10(13(15)17)7-9-5-3-4-6-11(9)12/h3-6,10,12H,7-8H2,1-2H3,(H2,15,17)/t10-,12+/m1/s1. The molecule has 96 valence electrons. The Morgan fingerprint density at radius 2 is 1.94 bits per heavy atom. The fourth-order valence-corrected chi connectivity index (χ4v) is 2.58. The highest BCUT2D eigenvalue weighted by Gasteiger charge is 2.34. The number of likely N-dealkylation sites (N-methyl/N-ethyl adjacent to an activating group) is 1. The van der Waals surface area contributed by atoms with Crippen LogP contribution in [0, 0.1) is 5.92 Å². The van der Waals surface area contributed by atoms with Crippen LogP contribution < -0.4 is 5.73 Å². The van der Waals surface area contributed by atoms with E-state index < -0.39 is 0 Å². The Morgan fingerprint density at radius 3 is 2.56 bits per heavy atom. The Balaban J connectivity index is 2.39. The predicted molar refractivity (Wildman–Crippen MR) is 68.9 cm³/mol. The lowest BCUT2D eigenvalue weighted by molar-refractivity contribution is -0.131. The van der Waals surface area contributed by atoms with E-state index in [-0.39, 0.29) is 23.7 Å². The first-order valence-electron chi connectivity index (χ1n) is 6.09. The molecule has 4 heteroatoms. The quantitative estimate of drug-likeness (QED) is 0.843. The summed E-state index contributed by atoms with van der Waals surface area (Å²) in [5, 5.41) is 0. The number of nitrogens with two attached hydrogens (primary N) is 1. The molecule has 0 aliphatic heterocycles. The molecule has 4 nitrogen and oxygen atoms in total. The van der Waals surface area contributed by atoms with Crippen LogP contribution in [0.3, 0.4) is 0 Å². The van der Waals surface area contributed by atoms with Gasteiger partial charge in [-0.15, -0.1) is 0 Å². The molecule has 0 fully saturated rings. The van der Waals surface area contributed by atoms with Crippen LogP contribution >= 0.6 is 0 Å². The molecular weight excluding hydrogens is 228 g/mol. The molecule has 18 heavy (non-hydrogen) atoms. The van der Waals surface area contributed by atoms with Gasteiger partial charge in [0, 0.05) is 20.0 Å². The van der Waals surface area contributed by atoms with Crippen molar-refractivity contribution in [3.05, 3.63) is 35.4 Å². The van der Waals surface area contributed by atoms with Crippen molar-refractivity contribution in [2.75, 3.05) is 14.1 Å². The second kappa shape index (κ2) is 4.80. The first kappa shape index (κ1) is 12.6. The second-order valence-corrected chi connectivity index (χ2v) is 5.02. The number of carbonyl (C=O) groups is 2. The summed E-state index contributed by atoms with van der Waals surface area (Å²) in [6, 6.07) is 7.80. The molecule has 1 aliphatic carbocycles. The van der Waals surface area contributed by atoms with Gasteiger partial charge in [-0.05, 0) is 24.0 Å². The minimum absolute atomic E-state index is 0.0356. The van der Waals surface area contributed by atoms with Crippen LogP contribution in [0.4, 0.5) is 0 Å². The fraction of sp³-hybridized carbons (Fsp3) is 0.429. The summed E-state index contributed by atoms with van der Waals surface area (Å²) in [5.41, 5.74) is 7.50. The number of fused-ring (bicyclic) bond motifs is 1. The van der Waals surface area contributed by atoms with Gasteiger partial charge in [-0.1, -0.05) is 24.3 Å². The molecule has 2 atom stereocenters. The first-order valence-corrected chi connectivity index (χ1v) is 6.09. The smallest absolute Gasteiger partial charge is 0.229 e. The van der Waals surface area contributed by atoms with Gasteiger partial charge < -0.3 is 10.6 Å². The Morgan fingerprint density at radius 1 is 1.28 bits per heavy atom. The molecule has 0 unspecified atom stereocenters. The molecule has 2 N–H and O–H groups in total. The zero-order valence-corrected chi connectivity index (χ0v) is 10.7. The van der Waals surface area contributed by atoms with E-state index in [0.29, 0.717) is 12.8 Å². The van der Waals surface area contributed by atoms with Crippen LogP contribution in [0.5, 0.6) is 0 Å². The van der Waals surface area contributed by atoms with E-state index in [1.54, 1.807) is 19.0 Å². The van der Waals surface area contributed by atoms with E-state index in [1.165, 1.54) is 0 Å². The zero-order valence-electron chi connectivity index (χ0n) is 10.7. The molecular formula is C14H18N2O2. The molecule has 0 spiro atoms. The molecule has 0 bridgehead atoms. The van der Waals surface area contributed by atoms with E-state index in [0.717, 1.165) is 11.1 Å². The van der Waals surface area contributed by atoms with Gasteiger partial charge in [-0.25, -0.2) is 0 Å². The average molecular weight is 246 g/mol. The minimum atomic E-state index is -0.318. The maximum absolute atomic E-state index is 12.2. The third-order valence-corrected chi connectivity index (χ3v) is 3.56. The third kappa shape index (κ3) is 2.23. The minimum Gasteiger partial charge on any atom is -0.369 e. The van der Waals surface area contributed by atoms with Crippen LogP contribution in [-0.4, -0.2) is 30.8 Å². The first-order chi connectivity index (χ1) is 8.50. The molecule has 0 radical (unpaired) electrons. The third-order valence-electron chi connectivity index (χ3n) is 3.56. The van der Waals surface area contributed by atoms with Gasteiger partial charge in [-0.2, -0.15) is 0 Å². The lowest BCUT2D eigenvalue weighted by Gasteiger charge is -2.30. The van der Waals surface area contributed by atoms with Gasteiger partial charge in [0.25, 0.3) is 0 Å².